The number of carbonyl (C=O) groups excluding carboxylic acids is 1. The molecule has 7 nitrogen and oxygen atoms in total. The number of aromatic nitrogens is 2. The molecule has 0 aliphatic heterocycles. The van der Waals surface area contributed by atoms with Gasteiger partial charge < -0.3 is 19.9 Å². The van der Waals surface area contributed by atoms with Crippen LogP contribution in [0.25, 0.3) is 0 Å². The fourth-order valence-corrected chi connectivity index (χ4v) is 2.56. The maximum absolute atomic E-state index is 12.5. The third-order valence-electron chi connectivity index (χ3n) is 4.00. The number of nitrogens with one attached hydrogen (secondary N) is 3. The van der Waals surface area contributed by atoms with Crippen molar-refractivity contribution in [1.29, 1.82) is 5.41 Å². The molecule has 0 aromatic carbocycles. The van der Waals surface area contributed by atoms with Gasteiger partial charge in [-0.05, 0) is 40.0 Å². The van der Waals surface area contributed by atoms with Crippen molar-refractivity contribution < 1.29 is 22.7 Å². The first-order valence-corrected chi connectivity index (χ1v) is 9.64. The van der Waals surface area contributed by atoms with Crippen LogP contribution in [0.1, 0.15) is 58.3 Å². The van der Waals surface area contributed by atoms with Gasteiger partial charge in [-0.2, -0.15) is 13.2 Å². The highest BCUT2D eigenvalue weighted by Crippen LogP contribution is 2.23. The molecule has 2 amide bonds. The van der Waals surface area contributed by atoms with Crippen molar-refractivity contribution in [1.82, 2.24) is 20.2 Å². The van der Waals surface area contributed by atoms with Gasteiger partial charge in [0, 0.05) is 37.4 Å². The molecule has 29 heavy (non-hydrogen) atoms. The summed E-state index contributed by atoms with van der Waals surface area (Å²) >= 11 is 0. The van der Waals surface area contributed by atoms with E-state index in [1.165, 1.54) is 0 Å². The number of halogens is 3. The summed E-state index contributed by atoms with van der Waals surface area (Å²) in [5.41, 5.74) is 0. The number of hydrogen-bond acceptors (Lipinski definition) is 4. The molecule has 0 aliphatic rings. The van der Waals surface area contributed by atoms with E-state index >= 15 is 0 Å². The summed E-state index contributed by atoms with van der Waals surface area (Å²) in [7, 11) is 0. The van der Waals surface area contributed by atoms with Crippen molar-refractivity contribution in [3.63, 3.8) is 0 Å². The van der Waals surface area contributed by atoms with E-state index in [4.69, 9.17) is 10.1 Å². The van der Waals surface area contributed by atoms with E-state index in [1.807, 2.05) is 18.4 Å². The third kappa shape index (κ3) is 10.00. The molecule has 0 fully saturated rings. The zero-order chi connectivity index (χ0) is 21.9. The number of carbonyl (C=O) groups is 1. The van der Waals surface area contributed by atoms with Crippen molar-refractivity contribution in [2.45, 2.75) is 64.7 Å². The average molecular weight is 417 g/mol. The smallest absolute Gasteiger partial charge is 0.389 e. The van der Waals surface area contributed by atoms with Crippen molar-refractivity contribution in [2.24, 2.45) is 0 Å². The van der Waals surface area contributed by atoms with Crippen LogP contribution in [0.4, 0.5) is 18.0 Å². The molecule has 0 aliphatic carbocycles. The van der Waals surface area contributed by atoms with Crippen LogP contribution in [-0.4, -0.2) is 46.8 Å². The molecular weight excluding hydrogens is 387 g/mol. The molecule has 1 rings (SSSR count). The van der Waals surface area contributed by atoms with Gasteiger partial charge >= 0.3 is 12.2 Å². The fraction of sp³-hybridized carbons (Fsp3) is 0.632. The van der Waals surface area contributed by atoms with Crippen LogP contribution in [0.5, 0.6) is 0 Å². The quantitative estimate of drug-likeness (QED) is 0.218. The second-order valence-electron chi connectivity index (χ2n) is 6.78. The van der Waals surface area contributed by atoms with Gasteiger partial charge in [0.1, 0.15) is 0 Å². The van der Waals surface area contributed by atoms with E-state index in [0.717, 1.165) is 0 Å². The van der Waals surface area contributed by atoms with Gasteiger partial charge in [0.05, 0.1) is 6.61 Å². The maximum atomic E-state index is 12.5. The van der Waals surface area contributed by atoms with Crippen LogP contribution in [0.2, 0.25) is 0 Å². The zero-order valence-electron chi connectivity index (χ0n) is 17.1. The molecule has 0 unspecified atom stereocenters. The summed E-state index contributed by atoms with van der Waals surface area (Å²) in [6, 6.07) is -0.940. The van der Waals surface area contributed by atoms with E-state index < -0.39 is 24.7 Å². The Morgan fingerprint density at radius 2 is 2.10 bits per heavy atom. The third-order valence-corrected chi connectivity index (χ3v) is 4.00. The van der Waals surface area contributed by atoms with Crippen LogP contribution in [0.3, 0.4) is 0 Å². The van der Waals surface area contributed by atoms with E-state index in [2.05, 4.69) is 15.6 Å². The summed E-state index contributed by atoms with van der Waals surface area (Å²) < 4.78 is 44.6. The van der Waals surface area contributed by atoms with E-state index in [9.17, 15) is 18.0 Å². The lowest BCUT2D eigenvalue weighted by molar-refractivity contribution is -0.136. The fourth-order valence-electron chi connectivity index (χ4n) is 2.56. The number of urea groups is 1. The predicted octanol–water partition coefficient (Wildman–Crippen LogP) is 4.17. The second kappa shape index (κ2) is 12.1. The van der Waals surface area contributed by atoms with Crippen molar-refractivity contribution in [3.8, 4) is 0 Å². The highest BCUT2D eigenvalue weighted by molar-refractivity contribution is 5.87. The predicted molar refractivity (Wildman–Crippen MR) is 105 cm³/mol. The lowest BCUT2D eigenvalue weighted by Gasteiger charge is -2.18. The Balaban J connectivity index is 2.43. The molecule has 0 radical (unpaired) electrons. The molecule has 3 N–H and O–H groups in total. The summed E-state index contributed by atoms with van der Waals surface area (Å²) in [6.45, 7) is 6.33. The number of amides is 2. The Labute approximate surface area is 169 Å². The van der Waals surface area contributed by atoms with Crippen LogP contribution in [0, 0.1) is 5.41 Å². The molecule has 0 bridgehead atoms. The monoisotopic (exact) mass is 417 g/mol. The maximum Gasteiger partial charge on any atom is 0.389 e. The molecule has 10 heteroatoms. The van der Waals surface area contributed by atoms with Gasteiger partial charge in [0.15, 0.2) is 5.82 Å². The highest BCUT2D eigenvalue weighted by Gasteiger charge is 2.28. The summed E-state index contributed by atoms with van der Waals surface area (Å²) in [5.74, 6) is 0.417. The first kappa shape index (κ1) is 24.5. The van der Waals surface area contributed by atoms with Crippen LogP contribution in [0.15, 0.2) is 24.5 Å². The van der Waals surface area contributed by atoms with Crippen LogP contribution >= 0.6 is 0 Å². The molecule has 1 atom stereocenters. The topological polar surface area (TPSA) is 92.0 Å². The minimum absolute atomic E-state index is 0.0296. The van der Waals surface area contributed by atoms with Gasteiger partial charge in [-0.15, -0.1) is 0 Å². The lowest BCUT2D eigenvalue weighted by atomic mass is 10.1. The van der Waals surface area contributed by atoms with Gasteiger partial charge in [0.25, 0.3) is 0 Å². The number of imidazole rings is 1. The number of hydrogen-bond donors (Lipinski definition) is 3. The molecule has 0 saturated carbocycles. The Morgan fingerprint density at radius 3 is 2.72 bits per heavy atom. The number of ether oxygens (including phenoxy) is 1. The largest absolute Gasteiger partial charge is 0.475 e. The first-order valence-electron chi connectivity index (χ1n) is 9.64. The summed E-state index contributed by atoms with van der Waals surface area (Å²) in [6.07, 6.45) is 2.22. The molecule has 1 aromatic rings. The Bertz CT molecular complexity index is 671. The van der Waals surface area contributed by atoms with Gasteiger partial charge in [-0.3, -0.25) is 5.41 Å². The molecule has 1 aromatic heterocycles. The van der Waals surface area contributed by atoms with E-state index in [0.29, 0.717) is 18.8 Å². The Kier molecular flexibility index (Phi) is 10.3. The minimum atomic E-state index is -4.26. The molecule has 164 valence electrons. The van der Waals surface area contributed by atoms with E-state index in [1.54, 1.807) is 31.5 Å². The standard InChI is InChI=1S/C19H30F3N5O2/c1-4-24-18(28)26-15(9-10-19(20,21)22)8-6-5-7-13-29-16(23)17-25-11-12-27(17)14(2)3/h5-6,11-12,14-15,23H,4,7-10,13H2,1-3H3,(H2,24,26,28)/b6-5+,23-16?/t15-/m1/s1. The normalized spacial score (nSPS) is 12.9. The molecule has 0 spiro atoms. The van der Waals surface area contributed by atoms with Gasteiger partial charge in [-0.1, -0.05) is 12.2 Å². The Hall–Kier alpha value is -2.52. The number of nitrogens with zero attached hydrogens (tertiary/aromatic N) is 2. The molecular formula is C19H30F3N5O2. The lowest BCUT2D eigenvalue weighted by Crippen LogP contribution is -2.42. The number of rotatable bonds is 11. The van der Waals surface area contributed by atoms with E-state index in [-0.39, 0.29) is 31.4 Å². The Morgan fingerprint density at radius 1 is 1.38 bits per heavy atom. The molecule has 1 heterocycles. The van der Waals surface area contributed by atoms with Crippen molar-refractivity contribution in [2.75, 3.05) is 13.2 Å². The SMILES string of the molecule is CCNC(=O)N[C@H](C/C=C/CCOC(=N)c1nccn1C(C)C)CCC(F)(F)F. The summed E-state index contributed by atoms with van der Waals surface area (Å²) in [5, 5.41) is 13.0. The van der Waals surface area contributed by atoms with Gasteiger partial charge in [-0.25, -0.2) is 9.78 Å². The highest BCUT2D eigenvalue weighted by atomic mass is 19.4. The molecule has 0 saturated heterocycles. The number of alkyl halides is 3. The first-order chi connectivity index (χ1) is 13.6. The summed E-state index contributed by atoms with van der Waals surface area (Å²) in [4.78, 5) is 15.7. The second-order valence-corrected chi connectivity index (χ2v) is 6.78. The minimum Gasteiger partial charge on any atom is -0.475 e. The van der Waals surface area contributed by atoms with Crippen molar-refractivity contribution in [3.05, 3.63) is 30.4 Å². The van der Waals surface area contributed by atoms with Crippen molar-refractivity contribution >= 4 is 11.9 Å². The van der Waals surface area contributed by atoms with Gasteiger partial charge in [0.2, 0.25) is 5.90 Å². The zero-order valence-corrected chi connectivity index (χ0v) is 17.1. The average Bonchev–Trinajstić information content (AvgIpc) is 3.11. The van der Waals surface area contributed by atoms with Crippen LogP contribution in [-0.2, 0) is 4.74 Å². The van der Waals surface area contributed by atoms with Crippen LogP contribution < -0.4 is 10.6 Å².